The number of piperidine rings is 1. The van der Waals surface area contributed by atoms with Crippen molar-refractivity contribution in [1.29, 1.82) is 0 Å². The van der Waals surface area contributed by atoms with Crippen LogP contribution in [-0.4, -0.2) is 34.2 Å². The molecule has 2 rings (SSSR count). The number of aliphatic hydroxyl groups is 1. The number of hydrogen-bond donors (Lipinski definition) is 1. The first kappa shape index (κ1) is 13.2. The molecule has 7 heteroatoms. The minimum atomic E-state index is -0.471. The maximum Gasteiger partial charge on any atom is 0.288 e. The average Bonchev–Trinajstić information content (AvgIpc) is 2.38. The van der Waals surface area contributed by atoms with Gasteiger partial charge in [-0.15, -0.1) is 0 Å². The van der Waals surface area contributed by atoms with E-state index < -0.39 is 4.92 Å². The molecule has 1 saturated heterocycles. The van der Waals surface area contributed by atoms with Crippen LogP contribution in [0.1, 0.15) is 19.3 Å². The molecule has 1 unspecified atom stereocenters. The van der Waals surface area contributed by atoms with Crippen LogP contribution in [0.2, 0.25) is 0 Å². The van der Waals surface area contributed by atoms with E-state index in [1.807, 2.05) is 4.90 Å². The molecule has 0 spiro atoms. The molecule has 1 aromatic heterocycles. The summed E-state index contributed by atoms with van der Waals surface area (Å²) in [6.45, 7) is 0.889. The Balaban J connectivity index is 2.29. The van der Waals surface area contributed by atoms with E-state index in [1.54, 1.807) is 0 Å². The number of nitrogens with zero attached hydrogens (tertiary/aromatic N) is 3. The third-order valence-electron chi connectivity index (χ3n) is 3.13. The Morgan fingerprint density at radius 2 is 2.39 bits per heavy atom. The number of rotatable bonds is 3. The number of hydrogen-bond acceptors (Lipinski definition) is 5. The predicted molar refractivity (Wildman–Crippen MR) is 70.7 cm³/mol. The zero-order chi connectivity index (χ0) is 13.1. The lowest BCUT2D eigenvalue weighted by Crippen LogP contribution is -2.42. The molecule has 0 bridgehead atoms. The summed E-state index contributed by atoms with van der Waals surface area (Å²) in [4.78, 5) is 16.3. The Bertz CT molecular complexity index is 455. The van der Waals surface area contributed by atoms with E-state index in [-0.39, 0.29) is 18.3 Å². The minimum absolute atomic E-state index is 0.0387. The van der Waals surface area contributed by atoms with Crippen molar-refractivity contribution in [1.82, 2.24) is 4.98 Å². The number of aromatic nitrogens is 1. The maximum absolute atomic E-state index is 10.7. The van der Waals surface area contributed by atoms with Gasteiger partial charge in [0.15, 0.2) is 0 Å². The van der Waals surface area contributed by atoms with Crippen molar-refractivity contribution in [2.45, 2.75) is 25.3 Å². The Morgan fingerprint density at radius 1 is 1.61 bits per heavy atom. The summed E-state index contributed by atoms with van der Waals surface area (Å²) in [5.74, 6) is 0.666. The van der Waals surface area contributed by atoms with Crippen molar-refractivity contribution < 1.29 is 10.0 Å². The monoisotopic (exact) mass is 315 g/mol. The fourth-order valence-electron chi connectivity index (χ4n) is 2.20. The fraction of sp³-hybridized carbons (Fsp3) is 0.545. The summed E-state index contributed by atoms with van der Waals surface area (Å²) in [5, 5.41) is 20.0. The van der Waals surface area contributed by atoms with Crippen molar-refractivity contribution in [3.63, 3.8) is 0 Å². The van der Waals surface area contributed by atoms with Crippen molar-refractivity contribution >= 4 is 27.4 Å². The van der Waals surface area contributed by atoms with Crippen LogP contribution in [0.3, 0.4) is 0 Å². The summed E-state index contributed by atoms with van der Waals surface area (Å²) in [7, 11) is 0. The van der Waals surface area contributed by atoms with Crippen LogP contribution in [0.5, 0.6) is 0 Å². The van der Waals surface area contributed by atoms with E-state index in [0.29, 0.717) is 10.3 Å². The summed E-state index contributed by atoms with van der Waals surface area (Å²) in [6, 6.07) is 1.50. The molecule has 0 aromatic carbocycles. The Kier molecular flexibility index (Phi) is 4.13. The molecule has 0 amide bonds. The second-order valence-electron chi connectivity index (χ2n) is 4.28. The maximum atomic E-state index is 10.7. The van der Waals surface area contributed by atoms with Crippen LogP contribution in [-0.2, 0) is 0 Å². The number of pyridine rings is 1. The molecule has 18 heavy (non-hydrogen) atoms. The molecular formula is C11H14BrN3O3. The smallest absolute Gasteiger partial charge is 0.288 e. The van der Waals surface area contributed by atoms with E-state index in [1.165, 1.54) is 12.3 Å². The van der Waals surface area contributed by atoms with Gasteiger partial charge in [0.05, 0.1) is 22.0 Å². The average molecular weight is 316 g/mol. The molecule has 1 atom stereocenters. The normalized spacial score (nSPS) is 19.9. The van der Waals surface area contributed by atoms with Gasteiger partial charge in [0, 0.05) is 12.6 Å². The largest absolute Gasteiger partial charge is 0.394 e. The van der Waals surface area contributed by atoms with Gasteiger partial charge in [-0.25, -0.2) is 4.98 Å². The lowest BCUT2D eigenvalue weighted by molar-refractivity contribution is -0.385. The van der Waals surface area contributed by atoms with Crippen molar-refractivity contribution in [2.24, 2.45) is 0 Å². The van der Waals surface area contributed by atoms with Crippen LogP contribution in [0.15, 0.2) is 16.7 Å². The van der Waals surface area contributed by atoms with Crippen LogP contribution in [0.4, 0.5) is 11.5 Å². The lowest BCUT2D eigenvalue weighted by atomic mass is 10.0. The van der Waals surface area contributed by atoms with Gasteiger partial charge >= 0.3 is 0 Å². The summed E-state index contributed by atoms with van der Waals surface area (Å²) in [6.07, 6.45) is 4.30. The van der Waals surface area contributed by atoms with Crippen LogP contribution < -0.4 is 4.90 Å². The molecule has 0 radical (unpaired) electrons. The van der Waals surface area contributed by atoms with E-state index in [4.69, 9.17) is 0 Å². The minimum Gasteiger partial charge on any atom is -0.394 e. The first-order valence-electron chi connectivity index (χ1n) is 5.81. The van der Waals surface area contributed by atoms with Gasteiger partial charge < -0.3 is 10.0 Å². The highest BCUT2D eigenvalue weighted by Crippen LogP contribution is 2.31. The van der Waals surface area contributed by atoms with Crippen LogP contribution in [0.25, 0.3) is 0 Å². The van der Waals surface area contributed by atoms with Gasteiger partial charge in [-0.3, -0.25) is 10.1 Å². The molecule has 1 aliphatic rings. The highest BCUT2D eigenvalue weighted by atomic mass is 79.9. The van der Waals surface area contributed by atoms with Crippen LogP contribution in [0, 0.1) is 10.1 Å². The SMILES string of the molecule is O=[N+]([O-])c1cnc(N2CCCCC2CO)c(Br)c1. The third-order valence-corrected chi connectivity index (χ3v) is 3.71. The summed E-state index contributed by atoms with van der Waals surface area (Å²) < 4.78 is 0.594. The number of aliphatic hydroxyl groups excluding tert-OH is 1. The summed E-state index contributed by atoms with van der Waals surface area (Å²) in [5.41, 5.74) is -0.0387. The zero-order valence-electron chi connectivity index (χ0n) is 9.75. The Hall–Kier alpha value is -1.21. The number of halogens is 1. The Labute approximate surface area is 113 Å². The second kappa shape index (κ2) is 5.62. The van der Waals surface area contributed by atoms with Gasteiger partial charge in [0.2, 0.25) is 0 Å². The molecule has 1 fully saturated rings. The molecule has 1 aliphatic heterocycles. The van der Waals surface area contributed by atoms with E-state index in [9.17, 15) is 15.2 Å². The molecule has 6 nitrogen and oxygen atoms in total. The zero-order valence-corrected chi connectivity index (χ0v) is 11.3. The topological polar surface area (TPSA) is 79.5 Å². The van der Waals surface area contributed by atoms with E-state index in [2.05, 4.69) is 20.9 Å². The van der Waals surface area contributed by atoms with Gasteiger partial charge in [-0.1, -0.05) is 0 Å². The third kappa shape index (κ3) is 2.62. The highest BCUT2D eigenvalue weighted by Gasteiger charge is 2.25. The van der Waals surface area contributed by atoms with Gasteiger partial charge in [0.1, 0.15) is 12.0 Å². The van der Waals surface area contributed by atoms with E-state index >= 15 is 0 Å². The van der Waals surface area contributed by atoms with Crippen LogP contribution >= 0.6 is 15.9 Å². The molecule has 2 heterocycles. The van der Waals surface area contributed by atoms with Crippen molar-refractivity contribution in [3.8, 4) is 0 Å². The molecular weight excluding hydrogens is 302 g/mol. The lowest BCUT2D eigenvalue weighted by Gasteiger charge is -2.35. The number of anilines is 1. The highest BCUT2D eigenvalue weighted by molar-refractivity contribution is 9.10. The second-order valence-corrected chi connectivity index (χ2v) is 5.14. The van der Waals surface area contributed by atoms with Crippen molar-refractivity contribution in [2.75, 3.05) is 18.1 Å². The predicted octanol–water partition coefficient (Wildman–Crippen LogP) is 2.10. The van der Waals surface area contributed by atoms with Gasteiger partial charge in [0.25, 0.3) is 5.69 Å². The van der Waals surface area contributed by atoms with Gasteiger partial charge in [-0.05, 0) is 35.2 Å². The van der Waals surface area contributed by atoms with E-state index in [0.717, 1.165) is 25.8 Å². The standard InChI is InChI=1S/C11H14BrN3O3/c12-10-5-9(15(17)18)6-13-11(10)14-4-2-1-3-8(14)7-16/h5-6,8,16H,1-4,7H2. The first-order chi connectivity index (χ1) is 8.63. The molecule has 0 saturated carbocycles. The summed E-state index contributed by atoms with van der Waals surface area (Å²) >= 11 is 3.32. The fourth-order valence-corrected chi connectivity index (χ4v) is 2.77. The Morgan fingerprint density at radius 3 is 3.00 bits per heavy atom. The van der Waals surface area contributed by atoms with Crippen molar-refractivity contribution in [3.05, 3.63) is 26.9 Å². The molecule has 1 aromatic rings. The number of nitro groups is 1. The quantitative estimate of drug-likeness (QED) is 0.682. The molecule has 1 N–H and O–H groups in total. The molecule has 98 valence electrons. The first-order valence-corrected chi connectivity index (χ1v) is 6.60. The van der Waals surface area contributed by atoms with Gasteiger partial charge in [-0.2, -0.15) is 0 Å². The molecule has 0 aliphatic carbocycles.